The quantitative estimate of drug-likeness (QED) is 0.426. The highest BCUT2D eigenvalue weighted by atomic mass is 16.5. The molecule has 1 unspecified atom stereocenters. The van der Waals surface area contributed by atoms with Gasteiger partial charge >= 0.3 is 12.1 Å². The van der Waals surface area contributed by atoms with Gasteiger partial charge in [0.1, 0.15) is 5.76 Å². The van der Waals surface area contributed by atoms with Crippen molar-refractivity contribution in [3.05, 3.63) is 41.8 Å². The maximum absolute atomic E-state index is 12.3. The lowest BCUT2D eigenvalue weighted by molar-refractivity contribution is 0.0746. The van der Waals surface area contributed by atoms with E-state index in [-0.39, 0.29) is 41.5 Å². The van der Waals surface area contributed by atoms with Gasteiger partial charge in [-0.2, -0.15) is 0 Å². The van der Waals surface area contributed by atoms with Crippen molar-refractivity contribution in [1.29, 1.82) is 0 Å². The molecule has 0 aliphatic carbocycles. The van der Waals surface area contributed by atoms with Gasteiger partial charge in [0.2, 0.25) is 5.89 Å². The Morgan fingerprint density at radius 2 is 1.84 bits per heavy atom. The van der Waals surface area contributed by atoms with Crippen molar-refractivity contribution in [2.24, 2.45) is 5.41 Å². The zero-order chi connectivity index (χ0) is 26.6. The molecule has 2 aromatic heterocycles. The van der Waals surface area contributed by atoms with Crippen LogP contribution in [0.2, 0.25) is 0 Å². The SMILES string of the molecule is Cc1cc(C(=O)Nc2ccc(-c3nnc(N(CCC(N4CCCCC4)C(C)(C)C)C(=O)O)o3)cc2)no1. The number of carbonyl (C=O) groups is 2. The molecule has 2 amide bonds. The van der Waals surface area contributed by atoms with Gasteiger partial charge in [-0.05, 0) is 69.0 Å². The molecule has 1 atom stereocenters. The predicted molar refractivity (Wildman–Crippen MR) is 138 cm³/mol. The lowest BCUT2D eigenvalue weighted by Gasteiger charge is -2.42. The van der Waals surface area contributed by atoms with E-state index in [0.29, 0.717) is 23.4 Å². The van der Waals surface area contributed by atoms with Crippen LogP contribution in [0.3, 0.4) is 0 Å². The summed E-state index contributed by atoms with van der Waals surface area (Å²) in [5.74, 6) is 0.345. The smallest absolute Gasteiger partial charge is 0.415 e. The van der Waals surface area contributed by atoms with Crippen molar-refractivity contribution in [1.82, 2.24) is 20.3 Å². The first-order chi connectivity index (χ1) is 17.6. The first kappa shape index (κ1) is 26.3. The third-order valence-corrected chi connectivity index (χ3v) is 6.58. The zero-order valence-electron chi connectivity index (χ0n) is 21.7. The molecule has 0 spiro atoms. The molecule has 37 heavy (non-hydrogen) atoms. The van der Waals surface area contributed by atoms with Crippen LogP contribution in [-0.2, 0) is 0 Å². The highest BCUT2D eigenvalue weighted by molar-refractivity contribution is 6.02. The number of carboxylic acid groups (broad SMARTS) is 1. The maximum Gasteiger partial charge on any atom is 0.415 e. The normalized spacial score (nSPS) is 15.4. The van der Waals surface area contributed by atoms with Gasteiger partial charge in [0.05, 0.1) is 0 Å². The molecule has 4 rings (SSSR count). The van der Waals surface area contributed by atoms with Gasteiger partial charge in [0.15, 0.2) is 5.69 Å². The van der Waals surface area contributed by atoms with Gasteiger partial charge in [0, 0.05) is 29.9 Å². The summed E-state index contributed by atoms with van der Waals surface area (Å²) in [6.45, 7) is 10.6. The average molecular weight is 511 g/mol. The number of amides is 2. The van der Waals surface area contributed by atoms with Crippen LogP contribution in [0, 0.1) is 12.3 Å². The summed E-state index contributed by atoms with van der Waals surface area (Å²) >= 11 is 0. The third kappa shape index (κ3) is 6.53. The Balaban J connectivity index is 1.43. The zero-order valence-corrected chi connectivity index (χ0v) is 21.7. The number of aryl methyl sites for hydroxylation is 1. The summed E-state index contributed by atoms with van der Waals surface area (Å²) in [7, 11) is 0. The minimum atomic E-state index is -1.14. The summed E-state index contributed by atoms with van der Waals surface area (Å²) in [5.41, 5.74) is 1.34. The van der Waals surface area contributed by atoms with E-state index >= 15 is 0 Å². The van der Waals surface area contributed by atoms with Crippen molar-refractivity contribution in [3.63, 3.8) is 0 Å². The molecule has 0 bridgehead atoms. The van der Waals surface area contributed by atoms with Crippen LogP contribution >= 0.6 is 0 Å². The molecule has 1 fully saturated rings. The Kier molecular flexibility index (Phi) is 7.91. The second-order valence-electron chi connectivity index (χ2n) is 10.4. The molecular formula is C26H34N6O5. The van der Waals surface area contributed by atoms with E-state index in [0.717, 1.165) is 18.0 Å². The fourth-order valence-corrected chi connectivity index (χ4v) is 4.72. The first-order valence-corrected chi connectivity index (χ1v) is 12.5. The Morgan fingerprint density at radius 3 is 2.43 bits per heavy atom. The standard InChI is InChI=1S/C26H34N6O5/c1-17-16-20(30-37-17)22(33)27-19-10-8-18(9-11-19)23-28-29-24(36-23)32(25(34)35)15-12-21(26(2,3)4)31-13-6-5-7-14-31/h8-11,16,21H,5-7,12-15H2,1-4H3,(H,27,33)(H,34,35). The molecular weight excluding hydrogens is 476 g/mol. The third-order valence-electron chi connectivity index (χ3n) is 6.58. The summed E-state index contributed by atoms with van der Waals surface area (Å²) < 4.78 is 10.7. The minimum Gasteiger partial charge on any atom is -0.465 e. The van der Waals surface area contributed by atoms with Crippen molar-refractivity contribution in [3.8, 4) is 11.5 Å². The molecule has 1 aliphatic rings. The number of piperidine rings is 1. The maximum atomic E-state index is 12.3. The molecule has 3 aromatic rings. The second-order valence-corrected chi connectivity index (χ2v) is 10.4. The summed E-state index contributed by atoms with van der Waals surface area (Å²) in [6.07, 6.45) is 3.11. The van der Waals surface area contributed by atoms with Crippen molar-refractivity contribution < 1.29 is 23.6 Å². The number of aromatic nitrogens is 3. The number of hydrogen-bond acceptors (Lipinski definition) is 8. The van der Waals surface area contributed by atoms with E-state index in [9.17, 15) is 14.7 Å². The summed E-state index contributed by atoms with van der Waals surface area (Å²) in [6, 6.07) is 8.51. The molecule has 1 aliphatic heterocycles. The number of carbonyl (C=O) groups excluding carboxylic acids is 1. The topological polar surface area (TPSA) is 138 Å². The van der Waals surface area contributed by atoms with Crippen LogP contribution in [-0.4, -0.2) is 63.0 Å². The van der Waals surface area contributed by atoms with E-state index in [2.05, 4.69) is 46.3 Å². The minimum absolute atomic E-state index is 0.00514. The Labute approximate surface area is 215 Å². The Morgan fingerprint density at radius 1 is 1.14 bits per heavy atom. The van der Waals surface area contributed by atoms with E-state index in [1.54, 1.807) is 37.3 Å². The van der Waals surface area contributed by atoms with Gasteiger partial charge < -0.3 is 19.4 Å². The van der Waals surface area contributed by atoms with Crippen molar-refractivity contribution >= 4 is 23.7 Å². The largest absolute Gasteiger partial charge is 0.465 e. The summed E-state index contributed by atoms with van der Waals surface area (Å²) in [4.78, 5) is 27.9. The van der Waals surface area contributed by atoms with E-state index in [1.807, 2.05) is 0 Å². The number of benzene rings is 1. The predicted octanol–water partition coefficient (Wildman–Crippen LogP) is 5.06. The van der Waals surface area contributed by atoms with Crippen LogP contribution in [0.15, 0.2) is 39.3 Å². The average Bonchev–Trinajstić information content (AvgIpc) is 3.51. The van der Waals surface area contributed by atoms with Crippen LogP contribution in [0.5, 0.6) is 0 Å². The molecule has 2 N–H and O–H groups in total. The van der Waals surface area contributed by atoms with Gasteiger partial charge in [0.25, 0.3) is 5.91 Å². The van der Waals surface area contributed by atoms with Gasteiger partial charge in [-0.25, -0.2) is 9.69 Å². The van der Waals surface area contributed by atoms with Crippen LogP contribution in [0.4, 0.5) is 16.5 Å². The lowest BCUT2D eigenvalue weighted by atomic mass is 9.82. The van der Waals surface area contributed by atoms with Gasteiger partial charge in [-0.15, -0.1) is 5.10 Å². The molecule has 0 saturated carbocycles. The van der Waals surface area contributed by atoms with E-state index in [4.69, 9.17) is 8.94 Å². The number of likely N-dealkylation sites (tertiary alicyclic amines) is 1. The lowest BCUT2D eigenvalue weighted by Crippen LogP contribution is -2.48. The molecule has 11 heteroatoms. The molecule has 1 saturated heterocycles. The number of nitrogens with zero attached hydrogens (tertiary/aromatic N) is 5. The number of anilines is 2. The van der Waals surface area contributed by atoms with Gasteiger partial charge in [-0.3, -0.25) is 9.69 Å². The summed E-state index contributed by atoms with van der Waals surface area (Å²) in [5, 5.41) is 24.4. The fraction of sp³-hybridized carbons (Fsp3) is 0.500. The van der Waals surface area contributed by atoms with Crippen LogP contribution in [0.1, 0.15) is 62.7 Å². The molecule has 3 heterocycles. The molecule has 0 radical (unpaired) electrons. The van der Waals surface area contributed by atoms with E-state index < -0.39 is 6.09 Å². The number of rotatable bonds is 8. The van der Waals surface area contributed by atoms with Crippen molar-refractivity contribution in [2.75, 3.05) is 29.9 Å². The van der Waals surface area contributed by atoms with Crippen LogP contribution in [0.25, 0.3) is 11.5 Å². The second kappa shape index (κ2) is 11.1. The Bertz CT molecular complexity index is 1210. The highest BCUT2D eigenvalue weighted by Gasteiger charge is 2.33. The molecule has 11 nitrogen and oxygen atoms in total. The molecule has 198 valence electrons. The number of hydrogen-bond donors (Lipinski definition) is 2. The monoisotopic (exact) mass is 510 g/mol. The Hall–Kier alpha value is -3.73. The first-order valence-electron chi connectivity index (χ1n) is 12.5. The fourth-order valence-electron chi connectivity index (χ4n) is 4.72. The van der Waals surface area contributed by atoms with Crippen molar-refractivity contribution in [2.45, 2.75) is 59.4 Å². The van der Waals surface area contributed by atoms with E-state index in [1.165, 1.54) is 19.3 Å². The van der Waals surface area contributed by atoms with Gasteiger partial charge in [-0.1, -0.05) is 37.4 Å². The van der Waals surface area contributed by atoms with Crippen LogP contribution < -0.4 is 10.2 Å². The highest BCUT2D eigenvalue weighted by Crippen LogP contribution is 2.31. The molecule has 1 aromatic carbocycles. The number of nitrogens with one attached hydrogen (secondary N) is 1.